The Labute approximate surface area is 224 Å². The van der Waals surface area contributed by atoms with Gasteiger partial charge >= 0.3 is 5.97 Å². The maximum absolute atomic E-state index is 12.3. The molecule has 0 aromatic rings. The van der Waals surface area contributed by atoms with Gasteiger partial charge in [-0.1, -0.05) is 99.6 Å². The Morgan fingerprint density at radius 3 is 2.22 bits per heavy atom. The quantitative estimate of drug-likeness (QED) is 0.168. The van der Waals surface area contributed by atoms with Crippen molar-refractivity contribution < 1.29 is 9.53 Å². The fourth-order valence-corrected chi connectivity index (χ4v) is 6.00. The number of ether oxygens (including phenoxy) is 1. The van der Waals surface area contributed by atoms with Crippen molar-refractivity contribution in [3.05, 3.63) is 82.5 Å². The van der Waals surface area contributed by atoms with E-state index in [-0.39, 0.29) is 11.4 Å². The van der Waals surface area contributed by atoms with Crippen molar-refractivity contribution in [1.82, 2.24) is 0 Å². The second-order valence-corrected chi connectivity index (χ2v) is 11.6. The summed E-state index contributed by atoms with van der Waals surface area (Å²) in [6.07, 6.45) is 32.9. The fraction of sp³-hybridized carbons (Fsp3) is 0.529. The first-order chi connectivity index (χ1) is 18.0. The second kappa shape index (κ2) is 13.1. The number of hydrogen-bond donors (Lipinski definition) is 0. The molecule has 0 amide bonds. The van der Waals surface area contributed by atoms with Crippen LogP contribution >= 0.6 is 0 Å². The molecule has 0 aromatic carbocycles. The molecule has 0 saturated heterocycles. The van der Waals surface area contributed by atoms with E-state index in [9.17, 15) is 4.79 Å². The minimum atomic E-state index is -0.178. The first kappa shape index (κ1) is 27.2. The summed E-state index contributed by atoms with van der Waals surface area (Å²) in [5.74, 6) is 0.802. The standard InChI is InChI=1S/C34H43NO2/c1-34(2,25-35)22-9-7-5-3-4-6-8-10-23-37-31(36)19-13-16-28-24-29-17-11-14-26-20-21-27-15-12-18-30(28)33(27)32(26)29/h11-12,14-15,17-18,20-21,24,32-33H,3-10,13,16,19,22-23H2,1-2H3. The number of nitriles is 1. The third-order valence-electron chi connectivity index (χ3n) is 8.16. The number of unbranched alkanes of at least 4 members (excludes halogenated alkanes) is 7. The van der Waals surface area contributed by atoms with Crippen LogP contribution in [0.25, 0.3) is 0 Å². The van der Waals surface area contributed by atoms with Crippen LogP contribution in [0, 0.1) is 28.6 Å². The topological polar surface area (TPSA) is 50.1 Å². The molecule has 37 heavy (non-hydrogen) atoms. The highest BCUT2D eigenvalue weighted by Crippen LogP contribution is 2.51. The molecule has 196 valence electrons. The summed E-state index contributed by atoms with van der Waals surface area (Å²) in [5.41, 5.74) is 6.83. The highest BCUT2D eigenvalue weighted by molar-refractivity contribution is 5.69. The van der Waals surface area contributed by atoms with Gasteiger partial charge in [-0.05, 0) is 67.4 Å². The SMILES string of the molecule is CC(C)(C#N)CCCCCCCCCCOC(=O)CCCC1=CC2=CC=CC3=CC=C4C=CC=C1C4C32. The van der Waals surface area contributed by atoms with Crippen molar-refractivity contribution in [2.24, 2.45) is 17.3 Å². The van der Waals surface area contributed by atoms with Crippen LogP contribution in [-0.4, -0.2) is 12.6 Å². The zero-order valence-electron chi connectivity index (χ0n) is 22.8. The van der Waals surface area contributed by atoms with Crippen molar-refractivity contribution in [3.63, 3.8) is 0 Å². The zero-order chi connectivity index (χ0) is 26.1. The average Bonchev–Trinajstić information content (AvgIpc) is 2.90. The first-order valence-electron chi connectivity index (χ1n) is 14.4. The van der Waals surface area contributed by atoms with Gasteiger partial charge in [0.1, 0.15) is 0 Å². The van der Waals surface area contributed by atoms with Crippen LogP contribution in [-0.2, 0) is 9.53 Å². The zero-order valence-corrected chi connectivity index (χ0v) is 22.8. The lowest BCUT2D eigenvalue weighted by molar-refractivity contribution is -0.143. The molecule has 0 N–H and O–H groups in total. The lowest BCUT2D eigenvalue weighted by Gasteiger charge is -2.41. The molecular formula is C34H43NO2. The van der Waals surface area contributed by atoms with Crippen molar-refractivity contribution in [2.45, 2.75) is 90.9 Å². The second-order valence-electron chi connectivity index (χ2n) is 11.6. The smallest absolute Gasteiger partial charge is 0.305 e. The van der Waals surface area contributed by atoms with E-state index in [4.69, 9.17) is 10.00 Å². The fourth-order valence-electron chi connectivity index (χ4n) is 6.00. The number of carbonyl (C=O) groups is 1. The largest absolute Gasteiger partial charge is 0.466 e. The summed E-state index contributed by atoms with van der Waals surface area (Å²) in [5, 5.41) is 9.06. The lowest BCUT2D eigenvalue weighted by atomic mass is 9.62. The molecule has 0 aromatic heterocycles. The van der Waals surface area contributed by atoms with Gasteiger partial charge in [0, 0.05) is 18.3 Å². The van der Waals surface area contributed by atoms with Crippen LogP contribution in [0.4, 0.5) is 0 Å². The van der Waals surface area contributed by atoms with Gasteiger partial charge in [0.2, 0.25) is 0 Å². The van der Waals surface area contributed by atoms with E-state index in [1.807, 2.05) is 13.8 Å². The average molecular weight is 498 g/mol. The number of esters is 1. The summed E-state index contributed by atoms with van der Waals surface area (Å²) < 4.78 is 5.52. The number of nitrogens with zero attached hydrogens (tertiary/aromatic N) is 1. The number of carbonyl (C=O) groups excluding carboxylic acids is 1. The van der Waals surface area contributed by atoms with E-state index < -0.39 is 0 Å². The summed E-state index contributed by atoms with van der Waals surface area (Å²) in [6.45, 7) is 4.60. The number of rotatable bonds is 15. The molecule has 2 atom stereocenters. The Balaban J connectivity index is 1.08. The molecule has 0 saturated carbocycles. The highest BCUT2D eigenvalue weighted by atomic mass is 16.5. The van der Waals surface area contributed by atoms with Gasteiger partial charge in [-0.25, -0.2) is 0 Å². The van der Waals surface area contributed by atoms with E-state index in [2.05, 4.69) is 60.8 Å². The maximum atomic E-state index is 12.3. The van der Waals surface area contributed by atoms with E-state index in [0.29, 0.717) is 24.9 Å². The number of allylic oxidation sites excluding steroid dienone is 14. The monoisotopic (exact) mass is 497 g/mol. The maximum Gasteiger partial charge on any atom is 0.305 e. The molecule has 2 unspecified atom stereocenters. The predicted octanol–water partition coefficient (Wildman–Crippen LogP) is 8.79. The Hall–Kier alpha value is -2.86. The molecule has 0 bridgehead atoms. The third-order valence-corrected chi connectivity index (χ3v) is 8.16. The van der Waals surface area contributed by atoms with Gasteiger partial charge in [0.15, 0.2) is 0 Å². The minimum absolute atomic E-state index is 0.0598. The van der Waals surface area contributed by atoms with E-state index in [0.717, 1.165) is 38.5 Å². The van der Waals surface area contributed by atoms with Crippen molar-refractivity contribution in [1.29, 1.82) is 5.26 Å². The van der Waals surface area contributed by atoms with Gasteiger partial charge < -0.3 is 4.74 Å². The Kier molecular flexibility index (Phi) is 9.62. The number of hydrogen-bond acceptors (Lipinski definition) is 3. The van der Waals surface area contributed by atoms with Gasteiger partial charge in [0.25, 0.3) is 0 Å². The Morgan fingerprint density at radius 1 is 0.838 bits per heavy atom. The molecule has 0 aliphatic heterocycles. The first-order valence-corrected chi connectivity index (χ1v) is 14.4. The minimum Gasteiger partial charge on any atom is -0.466 e. The van der Waals surface area contributed by atoms with E-state index in [1.165, 1.54) is 60.0 Å². The van der Waals surface area contributed by atoms with Crippen molar-refractivity contribution in [3.8, 4) is 6.07 Å². The summed E-state index contributed by atoms with van der Waals surface area (Å²) in [7, 11) is 0. The third kappa shape index (κ3) is 7.35. The van der Waals surface area contributed by atoms with Crippen LogP contribution in [0.1, 0.15) is 90.9 Å². The summed E-state index contributed by atoms with van der Waals surface area (Å²) in [4.78, 5) is 12.3. The normalized spacial score (nSPS) is 21.2. The summed E-state index contributed by atoms with van der Waals surface area (Å²) in [6, 6.07) is 2.38. The van der Waals surface area contributed by atoms with E-state index >= 15 is 0 Å². The molecular weight excluding hydrogens is 454 g/mol. The Bertz CT molecular complexity index is 1100. The molecule has 0 radical (unpaired) electrons. The summed E-state index contributed by atoms with van der Waals surface area (Å²) >= 11 is 0. The molecule has 4 aliphatic rings. The van der Waals surface area contributed by atoms with Crippen LogP contribution < -0.4 is 0 Å². The van der Waals surface area contributed by atoms with Crippen LogP contribution in [0.2, 0.25) is 0 Å². The van der Waals surface area contributed by atoms with Crippen molar-refractivity contribution >= 4 is 5.97 Å². The van der Waals surface area contributed by atoms with E-state index in [1.54, 1.807) is 0 Å². The molecule has 3 nitrogen and oxygen atoms in total. The lowest BCUT2D eigenvalue weighted by Crippen LogP contribution is -2.30. The predicted molar refractivity (Wildman–Crippen MR) is 151 cm³/mol. The van der Waals surface area contributed by atoms with Gasteiger partial charge in [-0.2, -0.15) is 5.26 Å². The molecule has 0 fully saturated rings. The van der Waals surface area contributed by atoms with Gasteiger partial charge in [-0.3, -0.25) is 4.79 Å². The highest BCUT2D eigenvalue weighted by Gasteiger charge is 2.39. The molecule has 0 spiro atoms. The molecule has 4 aliphatic carbocycles. The Morgan fingerprint density at radius 2 is 1.49 bits per heavy atom. The van der Waals surface area contributed by atoms with Crippen molar-refractivity contribution in [2.75, 3.05) is 6.61 Å². The molecule has 3 heteroatoms. The molecule has 0 heterocycles. The van der Waals surface area contributed by atoms with Gasteiger partial charge in [-0.15, -0.1) is 0 Å². The molecule has 4 rings (SSSR count). The van der Waals surface area contributed by atoms with Gasteiger partial charge in [0.05, 0.1) is 18.1 Å². The van der Waals surface area contributed by atoms with Crippen LogP contribution in [0.5, 0.6) is 0 Å². The van der Waals surface area contributed by atoms with Crippen LogP contribution in [0.15, 0.2) is 82.5 Å². The van der Waals surface area contributed by atoms with Crippen LogP contribution in [0.3, 0.4) is 0 Å².